The van der Waals surface area contributed by atoms with Crippen LogP contribution in [0.2, 0.25) is 0 Å². The Balaban J connectivity index is 2.72. The molecule has 0 aromatic heterocycles. The SMILES string of the molecule is C#CCOC[C]=O. The Bertz CT molecular complexity index is 80.6. The lowest BCUT2D eigenvalue weighted by molar-refractivity contribution is 0.206. The van der Waals surface area contributed by atoms with E-state index in [1.54, 1.807) is 0 Å². The Hall–Kier alpha value is -0.810. The van der Waals surface area contributed by atoms with Crippen LogP contribution in [0.3, 0.4) is 0 Å². The van der Waals surface area contributed by atoms with Crippen molar-refractivity contribution in [3.63, 3.8) is 0 Å². The monoisotopic (exact) mass is 97.0 g/mol. The number of carbonyl (C=O) groups excluding carboxylic acids is 1. The van der Waals surface area contributed by atoms with Crippen molar-refractivity contribution in [2.75, 3.05) is 13.2 Å². The molecule has 0 spiro atoms. The van der Waals surface area contributed by atoms with Crippen LogP contribution in [0.15, 0.2) is 0 Å². The van der Waals surface area contributed by atoms with Crippen molar-refractivity contribution in [2.24, 2.45) is 0 Å². The largest absolute Gasteiger partial charge is 0.361 e. The van der Waals surface area contributed by atoms with Crippen LogP contribution in [0.25, 0.3) is 0 Å². The van der Waals surface area contributed by atoms with Crippen LogP contribution in [0.1, 0.15) is 0 Å². The lowest BCUT2D eigenvalue weighted by Crippen LogP contribution is -1.93. The summed E-state index contributed by atoms with van der Waals surface area (Å²) in [7, 11) is 0. The molecule has 0 saturated carbocycles. The molecular weight excluding hydrogens is 92.1 g/mol. The van der Waals surface area contributed by atoms with Crippen LogP contribution < -0.4 is 0 Å². The van der Waals surface area contributed by atoms with Gasteiger partial charge in [0.1, 0.15) is 13.2 Å². The van der Waals surface area contributed by atoms with Crippen LogP contribution in [-0.2, 0) is 9.53 Å². The summed E-state index contributed by atoms with van der Waals surface area (Å²) in [6, 6.07) is 0. The second-order valence-electron chi connectivity index (χ2n) is 0.841. The third-order valence-electron chi connectivity index (χ3n) is 0.346. The fraction of sp³-hybridized carbons (Fsp3) is 0.400. The Morgan fingerprint density at radius 2 is 2.29 bits per heavy atom. The van der Waals surface area contributed by atoms with Gasteiger partial charge in [0.05, 0.1) is 0 Å². The standard InChI is InChI=1S/C5H5O2/c1-2-4-7-5-3-6/h1H,4-5H2. The predicted molar refractivity (Wildman–Crippen MR) is 25.3 cm³/mol. The van der Waals surface area contributed by atoms with Crippen molar-refractivity contribution in [1.29, 1.82) is 0 Å². The topological polar surface area (TPSA) is 26.3 Å². The first kappa shape index (κ1) is 6.19. The molecule has 2 nitrogen and oxygen atoms in total. The van der Waals surface area contributed by atoms with Gasteiger partial charge in [-0.25, -0.2) is 0 Å². The first-order valence-electron chi connectivity index (χ1n) is 1.78. The fourth-order valence-corrected chi connectivity index (χ4v) is 0.152. The van der Waals surface area contributed by atoms with Crippen molar-refractivity contribution in [3.8, 4) is 12.3 Å². The first-order chi connectivity index (χ1) is 3.41. The summed E-state index contributed by atoms with van der Waals surface area (Å²) in [5.74, 6) is 2.20. The van der Waals surface area contributed by atoms with E-state index < -0.39 is 0 Å². The Labute approximate surface area is 42.5 Å². The van der Waals surface area contributed by atoms with Gasteiger partial charge in [0.2, 0.25) is 6.29 Å². The summed E-state index contributed by atoms with van der Waals surface area (Å²) in [6.45, 7) is 0.166. The smallest absolute Gasteiger partial charge is 0.226 e. The lowest BCUT2D eigenvalue weighted by atomic mass is 10.7. The van der Waals surface area contributed by atoms with Gasteiger partial charge < -0.3 is 4.74 Å². The van der Waals surface area contributed by atoms with Gasteiger partial charge in [0, 0.05) is 0 Å². The molecule has 0 bridgehead atoms. The molecule has 0 unspecified atom stereocenters. The normalized spacial score (nSPS) is 7.29. The van der Waals surface area contributed by atoms with Crippen molar-refractivity contribution >= 4 is 6.29 Å². The summed E-state index contributed by atoms with van der Waals surface area (Å²) < 4.78 is 4.47. The molecule has 0 saturated heterocycles. The second-order valence-corrected chi connectivity index (χ2v) is 0.841. The van der Waals surface area contributed by atoms with E-state index in [0.717, 1.165) is 0 Å². The van der Waals surface area contributed by atoms with Crippen molar-refractivity contribution in [2.45, 2.75) is 0 Å². The summed E-state index contributed by atoms with van der Waals surface area (Å²) >= 11 is 0. The molecule has 0 aromatic rings. The Kier molecular flexibility index (Phi) is 4.59. The summed E-state index contributed by atoms with van der Waals surface area (Å²) in [5.41, 5.74) is 0. The highest BCUT2D eigenvalue weighted by molar-refractivity contribution is 5.51. The van der Waals surface area contributed by atoms with Crippen LogP contribution in [-0.4, -0.2) is 19.5 Å². The third kappa shape index (κ3) is 5.19. The maximum absolute atomic E-state index is 9.36. The highest BCUT2D eigenvalue weighted by atomic mass is 16.5. The van der Waals surface area contributed by atoms with E-state index in [1.165, 1.54) is 6.29 Å². The van der Waals surface area contributed by atoms with Crippen LogP contribution in [0.4, 0.5) is 0 Å². The number of terminal acetylenes is 1. The van der Waals surface area contributed by atoms with Gasteiger partial charge in [-0.3, -0.25) is 4.79 Å². The molecule has 0 aliphatic heterocycles. The third-order valence-corrected chi connectivity index (χ3v) is 0.346. The van der Waals surface area contributed by atoms with Gasteiger partial charge in [-0.15, -0.1) is 6.42 Å². The van der Waals surface area contributed by atoms with E-state index in [2.05, 4.69) is 10.7 Å². The molecular formula is C5H5O2. The maximum Gasteiger partial charge on any atom is 0.226 e. The molecule has 0 heterocycles. The molecule has 0 aromatic carbocycles. The van der Waals surface area contributed by atoms with Gasteiger partial charge in [0.15, 0.2) is 0 Å². The molecule has 0 fully saturated rings. The zero-order valence-electron chi connectivity index (χ0n) is 3.81. The molecule has 1 radical (unpaired) electrons. The summed E-state index contributed by atoms with van der Waals surface area (Å²) in [5, 5.41) is 0. The minimum atomic E-state index is -0.0236. The maximum atomic E-state index is 9.36. The van der Waals surface area contributed by atoms with Crippen LogP contribution >= 0.6 is 0 Å². The van der Waals surface area contributed by atoms with Gasteiger partial charge in [-0.2, -0.15) is 0 Å². The number of hydrogen-bond donors (Lipinski definition) is 0. The van der Waals surface area contributed by atoms with Crippen LogP contribution in [0.5, 0.6) is 0 Å². The van der Waals surface area contributed by atoms with E-state index in [-0.39, 0.29) is 13.2 Å². The van der Waals surface area contributed by atoms with E-state index in [9.17, 15) is 4.79 Å². The minimum Gasteiger partial charge on any atom is -0.361 e. The summed E-state index contributed by atoms with van der Waals surface area (Å²) in [4.78, 5) is 9.36. The minimum absolute atomic E-state index is 0.0236. The average Bonchev–Trinajstić information content (AvgIpc) is 1.69. The van der Waals surface area contributed by atoms with E-state index in [0.29, 0.717) is 0 Å². The number of rotatable bonds is 3. The van der Waals surface area contributed by atoms with Gasteiger partial charge >= 0.3 is 0 Å². The highest BCUT2D eigenvalue weighted by Crippen LogP contribution is 1.64. The molecule has 0 atom stereocenters. The quantitative estimate of drug-likeness (QED) is 0.358. The van der Waals surface area contributed by atoms with E-state index in [4.69, 9.17) is 6.42 Å². The number of hydrogen-bond acceptors (Lipinski definition) is 2. The predicted octanol–water partition coefficient (Wildman–Crippen LogP) is -0.254. The van der Waals surface area contributed by atoms with Crippen molar-refractivity contribution in [1.82, 2.24) is 0 Å². The van der Waals surface area contributed by atoms with Crippen LogP contribution in [0, 0.1) is 12.3 Å². The molecule has 0 amide bonds. The lowest BCUT2D eigenvalue weighted by Gasteiger charge is -1.84. The van der Waals surface area contributed by atoms with Crippen molar-refractivity contribution in [3.05, 3.63) is 0 Å². The Morgan fingerprint density at radius 1 is 1.57 bits per heavy atom. The molecule has 0 N–H and O–H groups in total. The average molecular weight is 97.1 g/mol. The highest BCUT2D eigenvalue weighted by Gasteiger charge is 1.76. The van der Waals surface area contributed by atoms with E-state index >= 15 is 0 Å². The number of ether oxygens (including phenoxy) is 1. The van der Waals surface area contributed by atoms with E-state index in [1.807, 2.05) is 0 Å². The Morgan fingerprint density at radius 3 is 2.71 bits per heavy atom. The fourth-order valence-electron chi connectivity index (χ4n) is 0.152. The first-order valence-corrected chi connectivity index (χ1v) is 1.78. The molecule has 0 rings (SSSR count). The zero-order valence-corrected chi connectivity index (χ0v) is 3.81. The molecule has 2 heteroatoms. The molecule has 37 valence electrons. The summed E-state index contributed by atoms with van der Waals surface area (Å²) in [6.07, 6.45) is 6.30. The molecule has 7 heavy (non-hydrogen) atoms. The molecule has 0 aliphatic carbocycles. The molecule has 0 aliphatic rings. The van der Waals surface area contributed by atoms with Gasteiger partial charge in [-0.05, 0) is 0 Å². The zero-order chi connectivity index (χ0) is 5.54. The van der Waals surface area contributed by atoms with Crippen molar-refractivity contribution < 1.29 is 9.53 Å². The van der Waals surface area contributed by atoms with Gasteiger partial charge in [-0.1, -0.05) is 5.92 Å². The second kappa shape index (κ2) is 5.19. The van der Waals surface area contributed by atoms with Gasteiger partial charge in [0.25, 0.3) is 0 Å².